The fraction of sp³-hybridized carbons (Fsp3) is 0.432. The summed E-state index contributed by atoms with van der Waals surface area (Å²) in [6.07, 6.45) is 10.5. The molecule has 0 saturated carbocycles. The highest BCUT2D eigenvalue weighted by Crippen LogP contribution is 2.36. The molecule has 2 amide bonds. The van der Waals surface area contributed by atoms with Gasteiger partial charge in [0.1, 0.15) is 6.61 Å². The number of Topliss-reactive ketones (excluding diaryl/α,β-unsaturated/α-hetero) is 1. The van der Waals surface area contributed by atoms with Crippen molar-refractivity contribution in [1.29, 1.82) is 0 Å². The van der Waals surface area contributed by atoms with Crippen molar-refractivity contribution in [3.63, 3.8) is 0 Å². The summed E-state index contributed by atoms with van der Waals surface area (Å²) in [4.78, 5) is 48.9. The number of carbonyl (C=O) groups excluding carboxylic acids is 3. The fourth-order valence-corrected chi connectivity index (χ4v) is 7.72. The molecular formula is C37H43N5O4. The van der Waals surface area contributed by atoms with Crippen LogP contribution in [0.15, 0.2) is 49.2 Å². The maximum atomic E-state index is 13.0. The van der Waals surface area contributed by atoms with E-state index in [1.165, 1.54) is 22.1 Å². The van der Waals surface area contributed by atoms with Crippen molar-refractivity contribution in [3.05, 3.63) is 77.3 Å². The summed E-state index contributed by atoms with van der Waals surface area (Å²) < 4.78 is 5.25. The Morgan fingerprint density at radius 1 is 1.02 bits per heavy atom. The number of benzene rings is 2. The number of ether oxygens (including phenoxy) is 1. The Morgan fingerprint density at radius 3 is 2.70 bits per heavy atom. The largest absolute Gasteiger partial charge is 0.447 e. The Hall–Kier alpha value is -4.53. The van der Waals surface area contributed by atoms with Gasteiger partial charge < -0.3 is 24.9 Å². The molecule has 0 bridgehead atoms. The van der Waals surface area contributed by atoms with Gasteiger partial charge in [0.05, 0.1) is 24.8 Å². The van der Waals surface area contributed by atoms with Crippen LogP contribution in [-0.2, 0) is 46.7 Å². The standard InChI is InChI=1S/C37H43N5O4/c1-3-10-24-18-28-32(20-41(24)4-2)39-30-12-9-13-31(35(28)30)40-36(44)34(43)14-8-6-5-7-11-23-15-16-29-26(17-23)27-19-25-22-46-37(45)42(25)21-33(27)38-29/h4,9,12-13,15-17,24-25,38-39H,2-3,5-8,10-11,14,18-22H2,1H3,(H,40,44). The number of fused-ring (bicyclic) bond motifs is 7. The number of anilines is 1. The number of hydrogen-bond donors (Lipinski definition) is 3. The lowest BCUT2D eigenvalue weighted by molar-refractivity contribution is -0.134. The number of nitrogens with zero attached hydrogens (tertiary/aromatic N) is 2. The molecule has 2 aromatic heterocycles. The minimum atomic E-state index is -0.532. The molecule has 240 valence electrons. The monoisotopic (exact) mass is 621 g/mol. The summed E-state index contributed by atoms with van der Waals surface area (Å²) in [5.74, 6) is -0.894. The number of amides is 2. The van der Waals surface area contributed by atoms with Gasteiger partial charge in [-0.05, 0) is 85.7 Å². The number of H-pyrrole nitrogens is 2. The molecule has 0 spiro atoms. The van der Waals surface area contributed by atoms with Gasteiger partial charge in [-0.3, -0.25) is 14.5 Å². The van der Waals surface area contributed by atoms with Crippen molar-refractivity contribution >= 4 is 45.3 Å². The minimum Gasteiger partial charge on any atom is -0.447 e. The van der Waals surface area contributed by atoms with E-state index in [0.29, 0.717) is 31.3 Å². The van der Waals surface area contributed by atoms with E-state index in [2.05, 4.69) is 51.9 Å². The summed E-state index contributed by atoms with van der Waals surface area (Å²) in [6, 6.07) is 13.0. The highest BCUT2D eigenvalue weighted by molar-refractivity contribution is 6.41. The predicted octanol–water partition coefficient (Wildman–Crippen LogP) is 6.90. The summed E-state index contributed by atoms with van der Waals surface area (Å²) in [7, 11) is 0. The van der Waals surface area contributed by atoms with Gasteiger partial charge in [-0.15, -0.1) is 0 Å². The van der Waals surface area contributed by atoms with Gasteiger partial charge in [-0.2, -0.15) is 0 Å². The maximum absolute atomic E-state index is 13.0. The molecule has 1 fully saturated rings. The van der Waals surface area contributed by atoms with Crippen molar-refractivity contribution in [1.82, 2.24) is 19.8 Å². The lowest BCUT2D eigenvalue weighted by Gasteiger charge is -2.34. The Balaban J connectivity index is 0.898. The molecule has 7 rings (SSSR count). The summed E-state index contributed by atoms with van der Waals surface area (Å²) in [6.45, 7) is 8.02. The normalized spacial score (nSPS) is 18.8. The first-order valence-corrected chi connectivity index (χ1v) is 16.8. The number of nitrogens with one attached hydrogen (secondary N) is 3. The summed E-state index contributed by atoms with van der Waals surface area (Å²) in [5, 5.41) is 5.21. The van der Waals surface area contributed by atoms with Gasteiger partial charge in [-0.25, -0.2) is 4.79 Å². The van der Waals surface area contributed by atoms with Crippen molar-refractivity contribution in [2.24, 2.45) is 0 Å². The number of aromatic nitrogens is 2. The number of aromatic amines is 2. The molecule has 2 unspecified atom stereocenters. The zero-order chi connectivity index (χ0) is 31.8. The lowest BCUT2D eigenvalue weighted by Crippen LogP contribution is -2.38. The average molecular weight is 622 g/mol. The van der Waals surface area contributed by atoms with Crippen LogP contribution in [0.1, 0.15) is 79.9 Å². The van der Waals surface area contributed by atoms with Crippen LogP contribution in [0.2, 0.25) is 0 Å². The molecule has 0 radical (unpaired) electrons. The minimum absolute atomic E-state index is 0.127. The molecule has 9 heteroatoms. The number of cyclic esters (lactones) is 1. The Kier molecular flexibility index (Phi) is 8.32. The first kappa shape index (κ1) is 30.1. The van der Waals surface area contributed by atoms with Gasteiger partial charge in [0.25, 0.3) is 5.91 Å². The van der Waals surface area contributed by atoms with Crippen LogP contribution in [0, 0.1) is 0 Å². The topological polar surface area (TPSA) is 111 Å². The van der Waals surface area contributed by atoms with Crippen LogP contribution in [0.5, 0.6) is 0 Å². The first-order chi connectivity index (χ1) is 22.4. The quantitative estimate of drug-likeness (QED) is 0.118. The van der Waals surface area contributed by atoms with Gasteiger partial charge >= 0.3 is 6.09 Å². The van der Waals surface area contributed by atoms with Crippen LogP contribution in [-0.4, -0.2) is 56.2 Å². The lowest BCUT2D eigenvalue weighted by atomic mass is 9.93. The van der Waals surface area contributed by atoms with Crippen LogP contribution in [0.3, 0.4) is 0 Å². The summed E-state index contributed by atoms with van der Waals surface area (Å²) >= 11 is 0. The zero-order valence-electron chi connectivity index (χ0n) is 26.6. The SMILES string of the molecule is C=CN1Cc2[nH]c3cccc(NC(=O)C(=O)CCCCCCc4ccc5[nH]c6c(c5c4)CC4COC(=O)N4C6)c3c2CC1CCC. The van der Waals surface area contributed by atoms with Gasteiger partial charge in [0.15, 0.2) is 0 Å². The molecule has 9 nitrogen and oxygen atoms in total. The number of unbranched alkanes of at least 4 members (excludes halogenated alkanes) is 3. The molecule has 1 saturated heterocycles. The van der Waals surface area contributed by atoms with E-state index < -0.39 is 5.91 Å². The molecule has 3 N–H and O–H groups in total. The Labute approximate surface area is 269 Å². The third kappa shape index (κ3) is 5.67. The van der Waals surface area contributed by atoms with E-state index in [1.807, 2.05) is 29.3 Å². The second-order valence-electron chi connectivity index (χ2n) is 13.1. The van der Waals surface area contributed by atoms with Crippen molar-refractivity contribution < 1.29 is 19.1 Å². The van der Waals surface area contributed by atoms with Gasteiger partial charge in [-0.1, -0.05) is 44.9 Å². The van der Waals surface area contributed by atoms with E-state index >= 15 is 0 Å². The smallest absolute Gasteiger partial charge is 0.410 e. The molecule has 5 heterocycles. The van der Waals surface area contributed by atoms with E-state index in [9.17, 15) is 14.4 Å². The third-order valence-corrected chi connectivity index (χ3v) is 10.1. The van der Waals surface area contributed by atoms with E-state index in [4.69, 9.17) is 4.74 Å². The number of carbonyl (C=O) groups is 3. The van der Waals surface area contributed by atoms with Crippen LogP contribution >= 0.6 is 0 Å². The number of rotatable bonds is 12. The molecule has 4 aromatic rings. The molecule has 3 aliphatic heterocycles. The van der Waals surface area contributed by atoms with Crippen LogP contribution in [0.25, 0.3) is 21.8 Å². The molecule has 46 heavy (non-hydrogen) atoms. The maximum Gasteiger partial charge on any atom is 0.410 e. The second-order valence-corrected chi connectivity index (χ2v) is 13.1. The van der Waals surface area contributed by atoms with Crippen molar-refractivity contribution in [2.45, 2.75) is 96.3 Å². The predicted molar refractivity (Wildman–Crippen MR) is 180 cm³/mol. The molecule has 2 atom stereocenters. The molecule has 2 aromatic carbocycles. The third-order valence-electron chi connectivity index (χ3n) is 10.1. The van der Waals surface area contributed by atoms with Crippen LogP contribution in [0.4, 0.5) is 10.5 Å². The van der Waals surface area contributed by atoms with Crippen molar-refractivity contribution in [2.75, 3.05) is 11.9 Å². The molecule has 0 aliphatic carbocycles. The number of aryl methyl sites for hydroxylation is 1. The highest BCUT2D eigenvalue weighted by Gasteiger charge is 2.38. The van der Waals surface area contributed by atoms with E-state index in [-0.39, 0.29) is 24.3 Å². The zero-order valence-corrected chi connectivity index (χ0v) is 26.6. The Morgan fingerprint density at radius 2 is 1.85 bits per heavy atom. The number of ketones is 1. The van der Waals surface area contributed by atoms with Gasteiger partial charge in [0.2, 0.25) is 5.78 Å². The van der Waals surface area contributed by atoms with E-state index in [0.717, 1.165) is 85.7 Å². The van der Waals surface area contributed by atoms with Crippen molar-refractivity contribution in [3.8, 4) is 0 Å². The highest BCUT2D eigenvalue weighted by atomic mass is 16.6. The first-order valence-electron chi connectivity index (χ1n) is 16.8. The Bertz CT molecular complexity index is 1820. The number of hydrogen-bond acceptors (Lipinski definition) is 5. The average Bonchev–Trinajstić information content (AvgIpc) is 3.73. The van der Waals surface area contributed by atoms with E-state index in [1.54, 1.807) is 0 Å². The summed E-state index contributed by atoms with van der Waals surface area (Å²) in [5.41, 5.74) is 8.91. The fourth-order valence-electron chi connectivity index (χ4n) is 7.72. The van der Waals surface area contributed by atoms with Gasteiger partial charge in [0, 0.05) is 45.7 Å². The second kappa shape index (κ2) is 12.7. The van der Waals surface area contributed by atoms with Crippen LogP contribution < -0.4 is 5.32 Å². The molecular weight excluding hydrogens is 578 g/mol. The molecule has 3 aliphatic rings.